The van der Waals surface area contributed by atoms with Crippen molar-refractivity contribution in [1.82, 2.24) is 5.32 Å². The largest absolute Gasteiger partial charge is 0.301 e. The number of hydrogen-bond acceptors (Lipinski definition) is 2. The summed E-state index contributed by atoms with van der Waals surface area (Å²) >= 11 is 0. The molecule has 1 aromatic carbocycles. The fraction of sp³-hybridized carbons (Fsp3) is 0.438. The van der Waals surface area contributed by atoms with Gasteiger partial charge in [-0.15, -0.1) is 0 Å². The van der Waals surface area contributed by atoms with Gasteiger partial charge in [0.15, 0.2) is 0 Å². The standard InChI is InChI=1S/C16H23NO/c1-11(2)13(4)17-16(14(5)18)10-15-9-7-6-8-12(15)3/h6-9,13,16-17H,1,10H2,2-5H3. The number of carbonyl (C=O) groups is 1. The molecule has 0 aliphatic carbocycles. The minimum absolute atomic E-state index is 0.141. The van der Waals surface area contributed by atoms with Gasteiger partial charge in [0.05, 0.1) is 6.04 Å². The van der Waals surface area contributed by atoms with Crippen LogP contribution < -0.4 is 5.32 Å². The van der Waals surface area contributed by atoms with E-state index in [2.05, 4.69) is 31.0 Å². The van der Waals surface area contributed by atoms with Gasteiger partial charge >= 0.3 is 0 Å². The molecular formula is C16H23NO. The number of nitrogens with one attached hydrogen (secondary N) is 1. The fourth-order valence-electron chi connectivity index (χ4n) is 1.82. The summed E-state index contributed by atoms with van der Waals surface area (Å²) in [5.74, 6) is 0.173. The van der Waals surface area contributed by atoms with E-state index in [9.17, 15) is 4.79 Å². The summed E-state index contributed by atoms with van der Waals surface area (Å²) in [6.45, 7) is 11.6. The lowest BCUT2D eigenvalue weighted by atomic mass is 9.98. The van der Waals surface area contributed by atoms with Crippen LogP contribution in [0.3, 0.4) is 0 Å². The number of aryl methyl sites for hydroxylation is 1. The first-order chi connectivity index (χ1) is 8.41. The highest BCUT2D eigenvalue weighted by Crippen LogP contribution is 2.11. The Labute approximate surface area is 110 Å². The maximum absolute atomic E-state index is 11.7. The number of ketones is 1. The third-order valence-corrected chi connectivity index (χ3v) is 3.37. The van der Waals surface area contributed by atoms with E-state index >= 15 is 0 Å². The SMILES string of the molecule is C=C(C)C(C)NC(Cc1ccccc1C)C(C)=O. The summed E-state index contributed by atoms with van der Waals surface area (Å²) in [4.78, 5) is 11.7. The normalized spacial score (nSPS) is 14.0. The second-order valence-corrected chi connectivity index (χ2v) is 5.03. The van der Waals surface area contributed by atoms with Gasteiger partial charge < -0.3 is 5.32 Å². The van der Waals surface area contributed by atoms with Crippen LogP contribution in [0.4, 0.5) is 0 Å². The molecule has 0 bridgehead atoms. The minimum Gasteiger partial charge on any atom is -0.301 e. The first kappa shape index (κ1) is 14.7. The van der Waals surface area contributed by atoms with Crippen molar-refractivity contribution < 1.29 is 4.79 Å². The Hall–Kier alpha value is -1.41. The zero-order valence-corrected chi connectivity index (χ0v) is 11.8. The summed E-state index contributed by atoms with van der Waals surface area (Å²) in [6, 6.07) is 8.21. The third kappa shape index (κ3) is 4.11. The Bertz CT molecular complexity index is 436. The number of Topliss-reactive ketones (excluding diaryl/α,β-unsaturated/α-hetero) is 1. The molecule has 2 heteroatoms. The molecule has 2 nitrogen and oxygen atoms in total. The van der Waals surface area contributed by atoms with Crippen molar-refractivity contribution >= 4 is 5.78 Å². The maximum Gasteiger partial charge on any atom is 0.147 e. The topological polar surface area (TPSA) is 29.1 Å². The molecule has 0 saturated carbocycles. The Morgan fingerprint density at radius 3 is 2.44 bits per heavy atom. The van der Waals surface area contributed by atoms with Gasteiger partial charge in [-0.05, 0) is 45.2 Å². The summed E-state index contributed by atoms with van der Waals surface area (Å²) < 4.78 is 0. The van der Waals surface area contributed by atoms with Gasteiger partial charge in [0.2, 0.25) is 0 Å². The van der Waals surface area contributed by atoms with E-state index in [4.69, 9.17) is 0 Å². The second-order valence-electron chi connectivity index (χ2n) is 5.03. The van der Waals surface area contributed by atoms with E-state index in [0.717, 1.165) is 12.0 Å². The van der Waals surface area contributed by atoms with E-state index in [1.807, 2.05) is 26.0 Å². The Morgan fingerprint density at radius 2 is 1.94 bits per heavy atom. The van der Waals surface area contributed by atoms with Gasteiger partial charge in [0.25, 0.3) is 0 Å². The molecule has 0 aromatic heterocycles. The average molecular weight is 245 g/mol. The van der Waals surface area contributed by atoms with E-state index in [0.29, 0.717) is 0 Å². The molecule has 1 N–H and O–H groups in total. The molecule has 0 fully saturated rings. The molecule has 0 heterocycles. The van der Waals surface area contributed by atoms with Crippen LogP contribution in [0.15, 0.2) is 36.4 Å². The summed E-state index contributed by atoms with van der Waals surface area (Å²) in [5, 5.41) is 3.34. The monoisotopic (exact) mass is 245 g/mol. The van der Waals surface area contributed by atoms with Crippen molar-refractivity contribution in [1.29, 1.82) is 0 Å². The number of rotatable bonds is 6. The molecule has 0 aliphatic rings. The van der Waals surface area contributed by atoms with E-state index in [-0.39, 0.29) is 17.9 Å². The van der Waals surface area contributed by atoms with Crippen LogP contribution >= 0.6 is 0 Å². The number of hydrogen-bond donors (Lipinski definition) is 1. The predicted octanol–water partition coefficient (Wildman–Crippen LogP) is 3.05. The zero-order chi connectivity index (χ0) is 13.7. The first-order valence-corrected chi connectivity index (χ1v) is 6.38. The van der Waals surface area contributed by atoms with Crippen molar-refractivity contribution in [3.05, 3.63) is 47.5 Å². The van der Waals surface area contributed by atoms with Crippen LogP contribution in [0.5, 0.6) is 0 Å². The predicted molar refractivity (Wildman–Crippen MR) is 76.8 cm³/mol. The first-order valence-electron chi connectivity index (χ1n) is 6.38. The molecule has 2 atom stereocenters. The molecule has 18 heavy (non-hydrogen) atoms. The van der Waals surface area contributed by atoms with Crippen molar-refractivity contribution in [2.45, 2.75) is 46.2 Å². The lowest BCUT2D eigenvalue weighted by Crippen LogP contribution is -2.43. The lowest BCUT2D eigenvalue weighted by molar-refractivity contribution is -0.119. The highest BCUT2D eigenvalue weighted by atomic mass is 16.1. The van der Waals surface area contributed by atoms with Gasteiger partial charge in [0, 0.05) is 6.04 Å². The van der Waals surface area contributed by atoms with Gasteiger partial charge in [-0.1, -0.05) is 36.4 Å². The molecule has 0 saturated heterocycles. The molecule has 1 aromatic rings. The maximum atomic E-state index is 11.7. The summed E-state index contributed by atoms with van der Waals surface area (Å²) in [5.41, 5.74) is 3.50. The van der Waals surface area contributed by atoms with Gasteiger partial charge in [-0.2, -0.15) is 0 Å². The van der Waals surface area contributed by atoms with Crippen LogP contribution in [-0.2, 0) is 11.2 Å². The molecule has 1 rings (SSSR count). The van der Waals surface area contributed by atoms with E-state index in [1.165, 1.54) is 11.1 Å². The third-order valence-electron chi connectivity index (χ3n) is 3.37. The Balaban J connectivity index is 2.78. The van der Waals surface area contributed by atoms with Crippen LogP contribution in [0.25, 0.3) is 0 Å². The fourth-order valence-corrected chi connectivity index (χ4v) is 1.82. The van der Waals surface area contributed by atoms with Crippen molar-refractivity contribution in [2.24, 2.45) is 0 Å². The second kappa shape index (κ2) is 6.50. The van der Waals surface area contributed by atoms with E-state index < -0.39 is 0 Å². The zero-order valence-electron chi connectivity index (χ0n) is 11.8. The lowest BCUT2D eigenvalue weighted by Gasteiger charge is -2.22. The highest BCUT2D eigenvalue weighted by molar-refractivity contribution is 5.81. The van der Waals surface area contributed by atoms with E-state index in [1.54, 1.807) is 6.92 Å². The van der Waals surface area contributed by atoms with Gasteiger partial charge in [-0.3, -0.25) is 4.79 Å². The molecule has 0 amide bonds. The van der Waals surface area contributed by atoms with Gasteiger partial charge in [0.1, 0.15) is 5.78 Å². The number of benzene rings is 1. The van der Waals surface area contributed by atoms with Crippen molar-refractivity contribution in [3.63, 3.8) is 0 Å². The summed E-state index contributed by atoms with van der Waals surface area (Å²) in [6.07, 6.45) is 0.736. The van der Waals surface area contributed by atoms with Crippen molar-refractivity contribution in [3.8, 4) is 0 Å². The van der Waals surface area contributed by atoms with Crippen molar-refractivity contribution in [2.75, 3.05) is 0 Å². The average Bonchev–Trinajstić information content (AvgIpc) is 2.30. The minimum atomic E-state index is -0.141. The highest BCUT2D eigenvalue weighted by Gasteiger charge is 2.18. The smallest absolute Gasteiger partial charge is 0.147 e. The molecule has 98 valence electrons. The molecule has 0 spiro atoms. The molecular weight excluding hydrogens is 222 g/mol. The Morgan fingerprint density at radius 1 is 1.33 bits per heavy atom. The molecule has 0 radical (unpaired) electrons. The quantitative estimate of drug-likeness (QED) is 0.780. The Kier molecular flexibility index (Phi) is 5.29. The van der Waals surface area contributed by atoms with Crippen LogP contribution in [-0.4, -0.2) is 17.9 Å². The van der Waals surface area contributed by atoms with Gasteiger partial charge in [-0.25, -0.2) is 0 Å². The van der Waals surface area contributed by atoms with Crippen LogP contribution in [0.2, 0.25) is 0 Å². The summed E-state index contributed by atoms with van der Waals surface area (Å²) in [7, 11) is 0. The van der Waals surface area contributed by atoms with Crippen LogP contribution in [0.1, 0.15) is 31.9 Å². The number of carbonyl (C=O) groups excluding carboxylic acids is 1. The molecule has 0 aliphatic heterocycles. The van der Waals surface area contributed by atoms with Crippen LogP contribution in [0, 0.1) is 6.92 Å². The molecule has 2 unspecified atom stereocenters.